The lowest BCUT2D eigenvalue weighted by molar-refractivity contribution is -0.137. The maximum Gasteiger partial charge on any atom is 0.303 e. The van der Waals surface area contributed by atoms with Gasteiger partial charge in [0.25, 0.3) is 0 Å². The van der Waals surface area contributed by atoms with E-state index in [2.05, 4.69) is 6.07 Å². The van der Waals surface area contributed by atoms with Crippen LogP contribution in [-0.2, 0) is 20.7 Å². The number of carboxylic acids is 1. The maximum atomic E-state index is 12.3. The van der Waals surface area contributed by atoms with Crippen LogP contribution in [0.3, 0.4) is 0 Å². The van der Waals surface area contributed by atoms with Gasteiger partial charge < -0.3 is 14.3 Å². The Hall–Kier alpha value is -2.14. The monoisotopic (exact) mass is 358 g/mol. The number of ether oxygens (including phenoxy) is 1. The molecule has 1 aromatic heterocycles. The molecule has 0 aliphatic heterocycles. The highest BCUT2D eigenvalue weighted by molar-refractivity contribution is 5.84. The number of fused-ring (bicyclic) bond motifs is 1. The number of ketones is 1. The Morgan fingerprint density at radius 2 is 2.15 bits per heavy atom. The summed E-state index contributed by atoms with van der Waals surface area (Å²) in [5.41, 5.74) is 2.12. The van der Waals surface area contributed by atoms with Crippen LogP contribution < -0.4 is 0 Å². The van der Waals surface area contributed by atoms with E-state index in [1.54, 1.807) is 6.26 Å². The molecule has 3 rings (SSSR count). The Morgan fingerprint density at radius 3 is 3.00 bits per heavy atom. The molecule has 5 nitrogen and oxygen atoms in total. The summed E-state index contributed by atoms with van der Waals surface area (Å²) >= 11 is 0. The number of Topliss-reactive ketones (excluding diaryl/α,β-unsaturated/α-hetero) is 1. The predicted molar refractivity (Wildman–Crippen MR) is 98.1 cm³/mol. The molecule has 1 heterocycles. The first-order valence-electron chi connectivity index (χ1n) is 9.42. The molecule has 0 unspecified atom stereocenters. The first-order valence-corrected chi connectivity index (χ1v) is 9.42. The Bertz CT molecular complexity index is 748. The van der Waals surface area contributed by atoms with Crippen LogP contribution >= 0.6 is 0 Å². The number of rotatable bonds is 10. The van der Waals surface area contributed by atoms with Crippen LogP contribution in [0, 0.1) is 11.8 Å². The van der Waals surface area contributed by atoms with Gasteiger partial charge in [-0.05, 0) is 55.7 Å². The highest BCUT2D eigenvalue weighted by Gasteiger charge is 2.34. The van der Waals surface area contributed by atoms with Gasteiger partial charge in [-0.2, -0.15) is 0 Å². The molecule has 26 heavy (non-hydrogen) atoms. The largest absolute Gasteiger partial charge is 0.481 e. The molecule has 0 amide bonds. The zero-order valence-corrected chi connectivity index (χ0v) is 15.0. The first kappa shape index (κ1) is 18.6. The number of aliphatic carboxylic acids is 1. The highest BCUT2D eigenvalue weighted by Crippen LogP contribution is 2.33. The molecule has 0 saturated heterocycles. The minimum absolute atomic E-state index is 0.0659. The van der Waals surface area contributed by atoms with Crippen molar-refractivity contribution in [1.29, 1.82) is 0 Å². The lowest BCUT2D eigenvalue weighted by atomic mass is 9.89. The quantitative estimate of drug-likeness (QED) is 0.643. The molecule has 0 bridgehead atoms. The predicted octanol–water partition coefficient (Wildman–Crippen LogP) is 4.23. The highest BCUT2D eigenvalue weighted by atomic mass is 16.5. The number of hydrogen-bond donors (Lipinski definition) is 1. The van der Waals surface area contributed by atoms with Crippen molar-refractivity contribution in [3.8, 4) is 0 Å². The number of aryl methyl sites for hydroxylation is 1. The molecule has 1 aliphatic carbocycles. The van der Waals surface area contributed by atoms with E-state index in [4.69, 9.17) is 14.3 Å². The van der Waals surface area contributed by atoms with E-state index >= 15 is 0 Å². The minimum atomic E-state index is -0.765. The van der Waals surface area contributed by atoms with Gasteiger partial charge in [0.15, 0.2) is 0 Å². The Morgan fingerprint density at radius 1 is 1.27 bits per heavy atom. The molecule has 1 saturated carbocycles. The standard InChI is InChI=1S/C21H26O5/c22-19-10-8-16(14-25-12-2-1-6-21(23)24)17(19)9-7-15-4-3-5-20-18(15)11-13-26-20/h3-5,11,13,16-17H,1-2,6-10,12,14H2,(H,23,24)/t16-,17-/m1/s1. The van der Waals surface area contributed by atoms with Crippen LogP contribution in [0.2, 0.25) is 0 Å². The van der Waals surface area contributed by atoms with Crippen molar-refractivity contribution in [3.05, 3.63) is 36.1 Å². The average Bonchev–Trinajstić information content (AvgIpc) is 3.23. The molecule has 1 aromatic carbocycles. The minimum Gasteiger partial charge on any atom is -0.481 e. The van der Waals surface area contributed by atoms with Crippen molar-refractivity contribution in [1.82, 2.24) is 0 Å². The van der Waals surface area contributed by atoms with Gasteiger partial charge in [0.05, 0.1) is 12.9 Å². The lowest BCUT2D eigenvalue weighted by Crippen LogP contribution is -2.20. The molecule has 2 aromatic rings. The van der Waals surface area contributed by atoms with E-state index in [-0.39, 0.29) is 18.3 Å². The topological polar surface area (TPSA) is 76.7 Å². The zero-order chi connectivity index (χ0) is 18.4. The summed E-state index contributed by atoms with van der Waals surface area (Å²) in [4.78, 5) is 22.8. The van der Waals surface area contributed by atoms with Crippen molar-refractivity contribution in [2.75, 3.05) is 13.2 Å². The molecule has 140 valence electrons. The molecule has 2 atom stereocenters. The Balaban J connectivity index is 1.47. The normalized spacial score (nSPS) is 20.1. The number of carbonyl (C=O) groups is 2. The van der Waals surface area contributed by atoms with Crippen molar-refractivity contribution in [3.63, 3.8) is 0 Å². The van der Waals surface area contributed by atoms with E-state index in [1.807, 2.05) is 18.2 Å². The fourth-order valence-corrected chi connectivity index (χ4v) is 3.87. The van der Waals surface area contributed by atoms with Crippen LogP contribution in [0.25, 0.3) is 11.0 Å². The number of furan rings is 1. The smallest absolute Gasteiger partial charge is 0.303 e. The van der Waals surface area contributed by atoms with Gasteiger partial charge in [0, 0.05) is 30.8 Å². The third-order valence-electron chi connectivity index (χ3n) is 5.32. The molecule has 0 spiro atoms. The molecular formula is C21H26O5. The van der Waals surface area contributed by atoms with Gasteiger partial charge in [-0.3, -0.25) is 9.59 Å². The summed E-state index contributed by atoms with van der Waals surface area (Å²) in [7, 11) is 0. The van der Waals surface area contributed by atoms with Crippen LogP contribution in [0.5, 0.6) is 0 Å². The van der Waals surface area contributed by atoms with E-state index in [9.17, 15) is 9.59 Å². The second kappa shape index (κ2) is 8.99. The summed E-state index contributed by atoms with van der Waals surface area (Å²) in [6.45, 7) is 1.17. The van der Waals surface area contributed by atoms with Gasteiger partial charge in [-0.1, -0.05) is 12.1 Å². The van der Waals surface area contributed by atoms with Gasteiger partial charge in [-0.15, -0.1) is 0 Å². The van der Waals surface area contributed by atoms with Crippen LogP contribution in [0.4, 0.5) is 0 Å². The number of unbranched alkanes of at least 4 members (excludes halogenated alkanes) is 1. The summed E-state index contributed by atoms with van der Waals surface area (Å²) in [5.74, 6) is -0.0651. The average molecular weight is 358 g/mol. The van der Waals surface area contributed by atoms with Crippen molar-refractivity contribution in [2.24, 2.45) is 11.8 Å². The van der Waals surface area contributed by atoms with Gasteiger partial charge in [-0.25, -0.2) is 0 Å². The Labute approximate surface area is 153 Å². The third-order valence-corrected chi connectivity index (χ3v) is 5.32. The Kier molecular flexibility index (Phi) is 6.45. The number of benzene rings is 1. The zero-order valence-electron chi connectivity index (χ0n) is 15.0. The summed E-state index contributed by atoms with van der Waals surface area (Å²) in [6, 6.07) is 8.04. The molecule has 1 N–H and O–H groups in total. The first-order chi connectivity index (χ1) is 12.6. The van der Waals surface area contributed by atoms with Crippen molar-refractivity contribution in [2.45, 2.75) is 44.9 Å². The van der Waals surface area contributed by atoms with E-state index in [0.717, 1.165) is 36.7 Å². The second-order valence-electron chi connectivity index (χ2n) is 7.09. The van der Waals surface area contributed by atoms with Gasteiger partial charge in [0.2, 0.25) is 0 Å². The van der Waals surface area contributed by atoms with Crippen LogP contribution in [0.15, 0.2) is 34.9 Å². The SMILES string of the molecule is O=C(O)CCCCOC[C@H]1CCC(=O)[C@@H]1CCc1cccc2occc12. The molecule has 1 fully saturated rings. The molecule has 1 aliphatic rings. The van der Waals surface area contributed by atoms with E-state index in [0.29, 0.717) is 31.8 Å². The number of carboxylic acid groups (broad SMARTS) is 1. The van der Waals surface area contributed by atoms with Gasteiger partial charge in [0.1, 0.15) is 11.4 Å². The van der Waals surface area contributed by atoms with Gasteiger partial charge >= 0.3 is 5.97 Å². The lowest BCUT2D eigenvalue weighted by Gasteiger charge is -2.18. The fourth-order valence-electron chi connectivity index (χ4n) is 3.87. The van der Waals surface area contributed by atoms with Crippen LogP contribution in [-0.4, -0.2) is 30.1 Å². The molecule has 5 heteroatoms. The van der Waals surface area contributed by atoms with Crippen molar-refractivity contribution >= 4 is 22.7 Å². The molecular weight excluding hydrogens is 332 g/mol. The molecule has 0 radical (unpaired) electrons. The summed E-state index contributed by atoms with van der Waals surface area (Å²) in [5, 5.41) is 9.76. The number of carbonyl (C=O) groups excluding carboxylic acids is 1. The fraction of sp³-hybridized carbons (Fsp3) is 0.524. The van der Waals surface area contributed by atoms with E-state index < -0.39 is 5.97 Å². The van der Waals surface area contributed by atoms with E-state index in [1.165, 1.54) is 5.56 Å². The maximum absolute atomic E-state index is 12.3. The number of hydrogen-bond acceptors (Lipinski definition) is 4. The summed E-state index contributed by atoms with van der Waals surface area (Å²) in [6.07, 6.45) is 6.53. The van der Waals surface area contributed by atoms with Crippen LogP contribution in [0.1, 0.15) is 44.1 Å². The van der Waals surface area contributed by atoms with Crippen molar-refractivity contribution < 1.29 is 23.8 Å². The second-order valence-corrected chi connectivity index (χ2v) is 7.09. The summed E-state index contributed by atoms with van der Waals surface area (Å²) < 4.78 is 11.2. The third kappa shape index (κ3) is 4.73.